The minimum atomic E-state index is -1.06. The van der Waals surface area contributed by atoms with Crippen molar-refractivity contribution >= 4 is 23.0 Å². The monoisotopic (exact) mass is 634 g/mol. The van der Waals surface area contributed by atoms with Gasteiger partial charge in [0.15, 0.2) is 11.5 Å². The standard InChI is InChI=1S/C34H38N2O10/c1-7-36-12-10-26-25-9-8-21(39-2)19-27(25)35-31(26)28(36)11-13-44-33(37)20-14-29(42-5)32(30(15-20)43-6)46-34(38)45-24-17-22(40-3)16-23(18-24)41-4/h8-9,14-19,28,35H,7,10-13H2,1-6H3. The van der Waals surface area contributed by atoms with Crippen LogP contribution >= 0.6 is 0 Å². The van der Waals surface area contributed by atoms with E-state index in [4.69, 9.17) is 37.9 Å². The number of aromatic amines is 1. The first-order chi connectivity index (χ1) is 22.3. The van der Waals surface area contributed by atoms with E-state index in [0.717, 1.165) is 36.5 Å². The van der Waals surface area contributed by atoms with Gasteiger partial charge in [-0.3, -0.25) is 4.90 Å². The summed E-state index contributed by atoms with van der Waals surface area (Å²) in [5, 5.41) is 1.18. The molecule has 2 heterocycles. The van der Waals surface area contributed by atoms with Crippen molar-refractivity contribution in [2.75, 3.05) is 55.2 Å². The molecule has 46 heavy (non-hydrogen) atoms. The fraction of sp³-hybridized carbons (Fsp3) is 0.353. The summed E-state index contributed by atoms with van der Waals surface area (Å²) in [7, 11) is 7.37. The number of carbonyl (C=O) groups is 2. The maximum atomic E-state index is 13.2. The lowest BCUT2D eigenvalue weighted by Crippen LogP contribution is -2.36. The lowest BCUT2D eigenvalue weighted by Gasteiger charge is -2.35. The van der Waals surface area contributed by atoms with Crippen LogP contribution in [0.15, 0.2) is 48.5 Å². The smallest absolute Gasteiger partial charge is 0.497 e. The summed E-state index contributed by atoms with van der Waals surface area (Å²) >= 11 is 0. The summed E-state index contributed by atoms with van der Waals surface area (Å²) in [6.45, 7) is 4.07. The molecular weight excluding hydrogens is 596 g/mol. The van der Waals surface area contributed by atoms with Gasteiger partial charge >= 0.3 is 12.1 Å². The normalized spacial score (nSPS) is 14.3. The van der Waals surface area contributed by atoms with E-state index in [1.54, 1.807) is 13.2 Å². The zero-order valence-corrected chi connectivity index (χ0v) is 26.8. The quantitative estimate of drug-likeness (QED) is 0.147. The van der Waals surface area contributed by atoms with Gasteiger partial charge in [-0.25, -0.2) is 9.59 Å². The van der Waals surface area contributed by atoms with E-state index in [-0.39, 0.29) is 41.2 Å². The topological polar surface area (TPSA) is 127 Å². The Morgan fingerprint density at radius 3 is 2.07 bits per heavy atom. The molecule has 1 aliphatic rings. The molecule has 12 heteroatoms. The molecule has 0 bridgehead atoms. The van der Waals surface area contributed by atoms with Crippen LogP contribution < -0.4 is 33.2 Å². The summed E-state index contributed by atoms with van der Waals surface area (Å²) in [5.41, 5.74) is 3.61. The summed E-state index contributed by atoms with van der Waals surface area (Å²) in [4.78, 5) is 31.9. The van der Waals surface area contributed by atoms with Crippen LogP contribution in [0, 0.1) is 0 Å². The lowest BCUT2D eigenvalue weighted by atomic mass is 9.95. The van der Waals surface area contributed by atoms with Gasteiger partial charge < -0.3 is 42.9 Å². The maximum Gasteiger partial charge on any atom is 0.519 e. The second kappa shape index (κ2) is 14.3. The highest BCUT2D eigenvalue weighted by Gasteiger charge is 2.30. The van der Waals surface area contributed by atoms with Gasteiger partial charge in [0.1, 0.15) is 23.0 Å². The molecule has 0 aliphatic carbocycles. The van der Waals surface area contributed by atoms with Crippen molar-refractivity contribution in [2.45, 2.75) is 25.8 Å². The van der Waals surface area contributed by atoms with Gasteiger partial charge in [0.05, 0.1) is 53.8 Å². The number of H-pyrrole nitrogens is 1. The van der Waals surface area contributed by atoms with Crippen LogP contribution in [-0.4, -0.2) is 77.3 Å². The third kappa shape index (κ3) is 6.76. The number of esters is 1. The number of rotatable bonds is 12. The molecule has 244 valence electrons. The molecule has 1 unspecified atom stereocenters. The third-order valence-electron chi connectivity index (χ3n) is 8.01. The summed E-state index contributed by atoms with van der Waals surface area (Å²) in [6, 6.07) is 13.6. The Bertz CT molecular complexity index is 1670. The first kappa shape index (κ1) is 32.3. The van der Waals surface area contributed by atoms with E-state index in [2.05, 4.69) is 22.9 Å². The third-order valence-corrected chi connectivity index (χ3v) is 8.01. The van der Waals surface area contributed by atoms with Crippen LogP contribution in [0.4, 0.5) is 4.79 Å². The maximum absolute atomic E-state index is 13.2. The van der Waals surface area contributed by atoms with E-state index in [1.165, 1.54) is 63.7 Å². The van der Waals surface area contributed by atoms with Gasteiger partial charge in [-0.1, -0.05) is 6.92 Å². The minimum absolute atomic E-state index is 0.0513. The van der Waals surface area contributed by atoms with Crippen molar-refractivity contribution in [1.29, 1.82) is 0 Å². The zero-order valence-electron chi connectivity index (χ0n) is 26.8. The number of hydrogen-bond acceptors (Lipinski definition) is 11. The minimum Gasteiger partial charge on any atom is -0.497 e. The molecule has 0 saturated carbocycles. The van der Waals surface area contributed by atoms with Gasteiger partial charge in [-0.2, -0.15) is 0 Å². The van der Waals surface area contributed by atoms with Crippen molar-refractivity contribution in [3.8, 4) is 40.2 Å². The van der Waals surface area contributed by atoms with Crippen molar-refractivity contribution in [1.82, 2.24) is 9.88 Å². The van der Waals surface area contributed by atoms with Crippen molar-refractivity contribution in [3.05, 3.63) is 65.4 Å². The zero-order chi connectivity index (χ0) is 32.8. The number of ether oxygens (including phenoxy) is 8. The number of hydrogen-bond donors (Lipinski definition) is 1. The van der Waals surface area contributed by atoms with Crippen LogP contribution in [0.3, 0.4) is 0 Å². The van der Waals surface area contributed by atoms with Crippen LogP contribution in [0.1, 0.15) is 41.0 Å². The molecule has 3 aromatic carbocycles. The van der Waals surface area contributed by atoms with Gasteiger partial charge in [0.2, 0.25) is 5.75 Å². The highest BCUT2D eigenvalue weighted by Crippen LogP contribution is 2.40. The SMILES string of the molecule is CCN1CCc2c([nH]c3cc(OC)ccc23)C1CCOC(=O)c1cc(OC)c(OC(=O)Oc2cc(OC)cc(OC)c2)c(OC)c1. The van der Waals surface area contributed by atoms with E-state index >= 15 is 0 Å². The highest BCUT2D eigenvalue weighted by atomic mass is 16.7. The van der Waals surface area contributed by atoms with Gasteiger partial charge in [0, 0.05) is 53.8 Å². The number of nitrogens with zero attached hydrogens (tertiary/aromatic N) is 1. The van der Waals surface area contributed by atoms with E-state index < -0.39 is 12.1 Å². The fourth-order valence-electron chi connectivity index (χ4n) is 5.72. The van der Waals surface area contributed by atoms with E-state index in [0.29, 0.717) is 17.9 Å². The molecule has 4 aromatic rings. The fourth-order valence-corrected chi connectivity index (χ4v) is 5.72. The van der Waals surface area contributed by atoms with Gasteiger partial charge in [-0.05, 0) is 42.8 Å². The Balaban J connectivity index is 1.28. The lowest BCUT2D eigenvalue weighted by molar-refractivity contribution is 0.0450. The largest absolute Gasteiger partial charge is 0.519 e. The second-order valence-corrected chi connectivity index (χ2v) is 10.5. The van der Waals surface area contributed by atoms with Crippen molar-refractivity contribution in [2.24, 2.45) is 0 Å². The van der Waals surface area contributed by atoms with Crippen molar-refractivity contribution < 1.29 is 47.5 Å². The molecule has 1 aliphatic heterocycles. The summed E-state index contributed by atoms with van der Waals surface area (Å²) in [6.07, 6.45) is 0.457. The predicted molar refractivity (Wildman–Crippen MR) is 169 cm³/mol. The summed E-state index contributed by atoms with van der Waals surface area (Å²) in [5.74, 6) is 1.30. The van der Waals surface area contributed by atoms with Crippen LogP contribution in [-0.2, 0) is 11.2 Å². The highest BCUT2D eigenvalue weighted by molar-refractivity contribution is 5.91. The Labute approximate surface area is 267 Å². The number of methoxy groups -OCH3 is 5. The molecule has 0 fully saturated rings. The first-order valence-corrected chi connectivity index (χ1v) is 14.8. The van der Waals surface area contributed by atoms with Gasteiger partial charge in [-0.15, -0.1) is 0 Å². The molecule has 1 atom stereocenters. The molecule has 0 radical (unpaired) electrons. The second-order valence-electron chi connectivity index (χ2n) is 10.5. The Morgan fingerprint density at radius 1 is 0.804 bits per heavy atom. The number of aromatic nitrogens is 1. The summed E-state index contributed by atoms with van der Waals surface area (Å²) < 4.78 is 43.2. The average molecular weight is 635 g/mol. The molecular formula is C34H38N2O10. The number of likely N-dealkylation sites (N-methyl/N-ethyl adjacent to an activating group) is 1. The number of benzene rings is 3. The van der Waals surface area contributed by atoms with Crippen molar-refractivity contribution in [3.63, 3.8) is 0 Å². The molecule has 1 aromatic heterocycles. The molecule has 0 saturated heterocycles. The van der Waals surface area contributed by atoms with Crippen LogP contribution in [0.5, 0.6) is 40.2 Å². The first-order valence-electron chi connectivity index (χ1n) is 14.8. The average Bonchev–Trinajstić information content (AvgIpc) is 3.45. The molecule has 0 amide bonds. The van der Waals surface area contributed by atoms with E-state index in [1.807, 2.05) is 12.1 Å². The number of nitrogens with one attached hydrogen (secondary N) is 1. The van der Waals surface area contributed by atoms with Crippen LogP contribution in [0.2, 0.25) is 0 Å². The number of fused-ring (bicyclic) bond motifs is 3. The Hall–Kier alpha value is -5.10. The molecule has 1 N–H and O–H groups in total. The van der Waals surface area contributed by atoms with Crippen LogP contribution in [0.25, 0.3) is 10.9 Å². The molecule has 12 nitrogen and oxygen atoms in total. The van der Waals surface area contributed by atoms with E-state index in [9.17, 15) is 9.59 Å². The molecule has 5 rings (SSSR count). The number of carbonyl (C=O) groups excluding carboxylic acids is 2. The van der Waals surface area contributed by atoms with Gasteiger partial charge in [0.25, 0.3) is 0 Å². The molecule has 0 spiro atoms. The Morgan fingerprint density at radius 2 is 1.46 bits per heavy atom. The Kier molecular flexibility index (Phi) is 10.1. The predicted octanol–water partition coefficient (Wildman–Crippen LogP) is 5.95.